The van der Waals surface area contributed by atoms with E-state index < -0.39 is 22.6 Å². The van der Waals surface area contributed by atoms with Crippen molar-refractivity contribution in [1.82, 2.24) is 0 Å². The van der Waals surface area contributed by atoms with E-state index in [4.69, 9.17) is 5.73 Å². The van der Waals surface area contributed by atoms with Gasteiger partial charge < -0.3 is 5.73 Å². The van der Waals surface area contributed by atoms with Crippen molar-refractivity contribution < 1.29 is 22.0 Å². The van der Waals surface area contributed by atoms with Gasteiger partial charge in [-0.25, -0.2) is 0 Å². The van der Waals surface area contributed by atoms with Gasteiger partial charge in [0.15, 0.2) is 0 Å². The van der Waals surface area contributed by atoms with Crippen LogP contribution in [-0.4, -0.2) is 6.18 Å². The third-order valence-corrected chi connectivity index (χ3v) is 2.10. The van der Waals surface area contributed by atoms with Gasteiger partial charge in [-0.15, -0.1) is 12.6 Å². The molecule has 2 N–H and O–H groups in total. The molecule has 1 nitrogen and oxygen atoms in total. The fourth-order valence-corrected chi connectivity index (χ4v) is 1.24. The molecule has 0 atom stereocenters. The van der Waals surface area contributed by atoms with Crippen LogP contribution in [0, 0.1) is 0 Å². The predicted octanol–water partition coefficient (Wildman–Crippen LogP) is 3.21. The highest BCUT2D eigenvalue weighted by atomic mass is 32.1. The minimum absolute atomic E-state index is 0.174. The average molecular weight is 243 g/mol. The second-order valence-electron chi connectivity index (χ2n) is 2.85. The summed E-state index contributed by atoms with van der Waals surface area (Å²) in [5.41, 5.74) is 3.72. The minimum Gasteiger partial charge on any atom is -0.399 e. The summed E-state index contributed by atoms with van der Waals surface area (Å²) in [5.74, 6) is -4.94. The van der Waals surface area contributed by atoms with Crippen molar-refractivity contribution in [2.75, 3.05) is 5.73 Å². The van der Waals surface area contributed by atoms with E-state index in [1.165, 1.54) is 6.07 Å². The molecule has 0 unspecified atom stereocenters. The van der Waals surface area contributed by atoms with Crippen molar-refractivity contribution in [3.05, 3.63) is 23.8 Å². The fourth-order valence-electron chi connectivity index (χ4n) is 0.958. The number of hydrogen-bond acceptors (Lipinski definition) is 2. The predicted molar refractivity (Wildman–Crippen MR) is 48.1 cm³/mol. The molecule has 0 aliphatic heterocycles. The SMILES string of the molecule is Nc1ccc(S)c(C(F)(F)C(F)(F)F)c1. The van der Waals surface area contributed by atoms with Crippen LogP contribution in [0.5, 0.6) is 0 Å². The van der Waals surface area contributed by atoms with Gasteiger partial charge in [-0.3, -0.25) is 0 Å². The topological polar surface area (TPSA) is 26.0 Å². The Morgan fingerprint density at radius 2 is 1.60 bits per heavy atom. The Morgan fingerprint density at radius 3 is 2.07 bits per heavy atom. The van der Waals surface area contributed by atoms with E-state index >= 15 is 0 Å². The first-order valence-electron chi connectivity index (χ1n) is 3.70. The fraction of sp³-hybridized carbons (Fsp3) is 0.250. The quantitative estimate of drug-likeness (QED) is 0.442. The molecule has 1 aromatic carbocycles. The lowest BCUT2D eigenvalue weighted by molar-refractivity contribution is -0.290. The third-order valence-electron chi connectivity index (χ3n) is 1.71. The standard InChI is InChI=1S/C8H6F5NS/c9-7(10,8(11,12)13)5-3-4(14)1-2-6(5)15/h1-3,15H,14H2. The van der Waals surface area contributed by atoms with E-state index in [0.717, 1.165) is 6.07 Å². The molecule has 0 bridgehead atoms. The molecule has 0 fully saturated rings. The van der Waals surface area contributed by atoms with Crippen LogP contribution < -0.4 is 5.73 Å². The van der Waals surface area contributed by atoms with Gasteiger partial charge in [-0.2, -0.15) is 22.0 Å². The van der Waals surface area contributed by atoms with Crippen LogP contribution in [0.3, 0.4) is 0 Å². The maximum absolute atomic E-state index is 12.9. The zero-order chi connectivity index (χ0) is 11.9. The van der Waals surface area contributed by atoms with Crippen molar-refractivity contribution in [3.63, 3.8) is 0 Å². The van der Waals surface area contributed by atoms with Gasteiger partial charge >= 0.3 is 12.1 Å². The Hall–Kier alpha value is -0.980. The molecule has 0 aliphatic carbocycles. The smallest absolute Gasteiger partial charge is 0.399 e. The maximum atomic E-state index is 12.9. The van der Waals surface area contributed by atoms with Crippen molar-refractivity contribution in [1.29, 1.82) is 0 Å². The average Bonchev–Trinajstić information content (AvgIpc) is 2.07. The van der Waals surface area contributed by atoms with E-state index in [-0.39, 0.29) is 5.69 Å². The molecule has 1 aromatic rings. The molecular formula is C8H6F5NS. The third kappa shape index (κ3) is 2.17. The van der Waals surface area contributed by atoms with E-state index in [1.54, 1.807) is 0 Å². The number of nitrogen functional groups attached to an aromatic ring is 1. The van der Waals surface area contributed by atoms with Gasteiger partial charge in [-0.1, -0.05) is 0 Å². The molecule has 0 radical (unpaired) electrons. The van der Waals surface area contributed by atoms with Gasteiger partial charge in [-0.05, 0) is 18.2 Å². The van der Waals surface area contributed by atoms with Crippen LogP contribution in [0.25, 0.3) is 0 Å². The van der Waals surface area contributed by atoms with Gasteiger partial charge in [0, 0.05) is 16.1 Å². The molecule has 7 heteroatoms. The highest BCUT2D eigenvalue weighted by molar-refractivity contribution is 7.80. The summed E-state index contributed by atoms with van der Waals surface area (Å²) in [5, 5.41) is 0. The molecule has 1 rings (SSSR count). The molecule has 0 saturated carbocycles. The maximum Gasteiger partial charge on any atom is 0.458 e. The molecule has 0 saturated heterocycles. The minimum atomic E-state index is -5.65. The zero-order valence-electron chi connectivity index (χ0n) is 7.15. The van der Waals surface area contributed by atoms with Crippen LogP contribution in [0.15, 0.2) is 23.1 Å². The van der Waals surface area contributed by atoms with Crippen LogP contribution in [0.4, 0.5) is 27.6 Å². The Bertz CT molecular complexity index is 374. The van der Waals surface area contributed by atoms with Crippen LogP contribution in [0.2, 0.25) is 0 Å². The lowest BCUT2D eigenvalue weighted by Crippen LogP contribution is -2.34. The lowest BCUT2D eigenvalue weighted by atomic mass is 10.1. The van der Waals surface area contributed by atoms with Gasteiger partial charge in [0.1, 0.15) is 0 Å². The number of hydrogen-bond donors (Lipinski definition) is 2. The Morgan fingerprint density at radius 1 is 1.07 bits per heavy atom. The Labute approximate surface area is 87.5 Å². The zero-order valence-corrected chi connectivity index (χ0v) is 8.04. The summed E-state index contributed by atoms with van der Waals surface area (Å²) in [4.78, 5) is -0.452. The molecule has 84 valence electrons. The normalized spacial score (nSPS) is 12.9. The Balaban J connectivity index is 3.32. The Kier molecular flexibility index (Phi) is 2.86. The highest BCUT2D eigenvalue weighted by Gasteiger charge is 2.59. The number of rotatable bonds is 1. The highest BCUT2D eigenvalue weighted by Crippen LogP contribution is 2.46. The van der Waals surface area contributed by atoms with E-state index in [9.17, 15) is 22.0 Å². The van der Waals surface area contributed by atoms with Gasteiger partial charge in [0.2, 0.25) is 0 Å². The number of nitrogens with two attached hydrogens (primary N) is 1. The number of halogens is 5. The number of anilines is 1. The molecular weight excluding hydrogens is 237 g/mol. The summed E-state index contributed by atoms with van der Waals surface area (Å²) in [7, 11) is 0. The largest absolute Gasteiger partial charge is 0.458 e. The number of alkyl halides is 5. The van der Waals surface area contributed by atoms with E-state index in [0.29, 0.717) is 6.07 Å². The van der Waals surface area contributed by atoms with Crippen LogP contribution in [-0.2, 0) is 5.92 Å². The molecule has 15 heavy (non-hydrogen) atoms. The second-order valence-corrected chi connectivity index (χ2v) is 3.33. The summed E-state index contributed by atoms with van der Waals surface area (Å²) >= 11 is 3.53. The molecule has 0 aliphatic rings. The van der Waals surface area contributed by atoms with Gasteiger partial charge in [0.25, 0.3) is 0 Å². The van der Waals surface area contributed by atoms with E-state index in [2.05, 4.69) is 12.6 Å². The lowest BCUT2D eigenvalue weighted by Gasteiger charge is -2.21. The van der Waals surface area contributed by atoms with E-state index in [1.807, 2.05) is 0 Å². The van der Waals surface area contributed by atoms with Gasteiger partial charge in [0.05, 0.1) is 0 Å². The van der Waals surface area contributed by atoms with Crippen LogP contribution in [0.1, 0.15) is 5.56 Å². The first-order valence-corrected chi connectivity index (χ1v) is 4.14. The van der Waals surface area contributed by atoms with Crippen molar-refractivity contribution >= 4 is 18.3 Å². The summed E-state index contributed by atoms with van der Waals surface area (Å²) in [6.45, 7) is 0. The first-order chi connectivity index (χ1) is 6.66. The van der Waals surface area contributed by atoms with Crippen molar-refractivity contribution in [3.8, 4) is 0 Å². The second kappa shape index (κ2) is 3.55. The van der Waals surface area contributed by atoms with Crippen molar-refractivity contribution in [2.45, 2.75) is 17.0 Å². The molecule has 0 heterocycles. The monoisotopic (exact) mass is 243 g/mol. The van der Waals surface area contributed by atoms with Crippen LogP contribution >= 0.6 is 12.6 Å². The summed E-state index contributed by atoms with van der Waals surface area (Å²) < 4.78 is 61.8. The van der Waals surface area contributed by atoms with Crippen molar-refractivity contribution in [2.24, 2.45) is 0 Å². The number of thiol groups is 1. The molecule has 0 aromatic heterocycles. The first kappa shape index (κ1) is 12.1. The molecule has 0 spiro atoms. The summed E-state index contributed by atoms with van der Waals surface area (Å²) in [6.07, 6.45) is -5.65. The summed E-state index contributed by atoms with van der Waals surface area (Å²) in [6, 6.07) is 2.75. The number of benzene rings is 1. The molecule has 0 amide bonds.